The number of methoxy groups -OCH3 is 2. The number of hydrogen-bond donors (Lipinski definition) is 0. The molecule has 0 bridgehead atoms. The molecule has 2 aromatic carbocycles. The summed E-state index contributed by atoms with van der Waals surface area (Å²) in [5.41, 5.74) is 0.663. The number of hydrogen-bond acceptors (Lipinski definition) is 4. The standard InChI is InChI=1S/C16H12Cl2N2O3/c1-22-10-3-4-13(14(7-10)23-2)20-8-19-15-11(16(20)21)5-9(17)6-12(15)18/h3-8H,1-2H3. The molecule has 0 radical (unpaired) electrons. The SMILES string of the molecule is COc1ccc(-n2cnc3c(Cl)cc(Cl)cc3c2=O)c(OC)c1. The zero-order valence-corrected chi connectivity index (χ0v) is 13.9. The second-order valence-electron chi connectivity index (χ2n) is 4.74. The van der Waals surface area contributed by atoms with Crippen molar-refractivity contribution in [1.29, 1.82) is 0 Å². The normalized spacial score (nSPS) is 10.8. The number of nitrogens with zero attached hydrogens (tertiary/aromatic N) is 2. The summed E-state index contributed by atoms with van der Waals surface area (Å²) < 4.78 is 11.9. The maximum absolute atomic E-state index is 12.8. The second-order valence-corrected chi connectivity index (χ2v) is 5.58. The number of halogens is 2. The van der Waals surface area contributed by atoms with Crippen molar-refractivity contribution >= 4 is 34.1 Å². The van der Waals surface area contributed by atoms with Crippen molar-refractivity contribution in [2.45, 2.75) is 0 Å². The van der Waals surface area contributed by atoms with Gasteiger partial charge in [0.2, 0.25) is 0 Å². The van der Waals surface area contributed by atoms with E-state index in [1.54, 1.807) is 37.4 Å². The van der Waals surface area contributed by atoms with Crippen LogP contribution in [0.2, 0.25) is 10.0 Å². The lowest BCUT2D eigenvalue weighted by Crippen LogP contribution is -2.19. The van der Waals surface area contributed by atoms with Gasteiger partial charge in [0.1, 0.15) is 17.8 Å². The Morgan fingerprint density at radius 2 is 1.87 bits per heavy atom. The average Bonchev–Trinajstić information content (AvgIpc) is 2.55. The highest BCUT2D eigenvalue weighted by atomic mass is 35.5. The Kier molecular flexibility index (Phi) is 4.15. The molecule has 0 saturated heterocycles. The van der Waals surface area contributed by atoms with Gasteiger partial charge in [-0.05, 0) is 24.3 Å². The highest BCUT2D eigenvalue weighted by molar-refractivity contribution is 6.38. The molecule has 0 aliphatic heterocycles. The van der Waals surface area contributed by atoms with E-state index in [0.29, 0.717) is 38.1 Å². The second kappa shape index (κ2) is 6.10. The Labute approximate surface area is 142 Å². The minimum atomic E-state index is -0.289. The van der Waals surface area contributed by atoms with Crippen LogP contribution in [-0.2, 0) is 0 Å². The van der Waals surface area contributed by atoms with E-state index in [0.717, 1.165) is 0 Å². The third kappa shape index (κ3) is 2.73. The average molecular weight is 351 g/mol. The molecular formula is C16H12Cl2N2O3. The van der Waals surface area contributed by atoms with E-state index in [4.69, 9.17) is 32.7 Å². The molecule has 3 rings (SSSR count). The molecule has 0 amide bonds. The highest BCUT2D eigenvalue weighted by Gasteiger charge is 2.13. The number of benzene rings is 2. The van der Waals surface area contributed by atoms with Crippen LogP contribution in [0.1, 0.15) is 0 Å². The summed E-state index contributed by atoms with van der Waals surface area (Å²) in [6, 6.07) is 8.25. The third-order valence-electron chi connectivity index (χ3n) is 3.43. The Balaban J connectivity index is 2.29. The predicted molar refractivity (Wildman–Crippen MR) is 90.5 cm³/mol. The van der Waals surface area contributed by atoms with Gasteiger partial charge in [0.05, 0.1) is 35.8 Å². The Morgan fingerprint density at radius 3 is 2.57 bits per heavy atom. The molecule has 0 unspecified atom stereocenters. The first kappa shape index (κ1) is 15.6. The van der Waals surface area contributed by atoms with Gasteiger partial charge < -0.3 is 9.47 Å². The predicted octanol–water partition coefficient (Wildman–Crippen LogP) is 3.71. The smallest absolute Gasteiger partial charge is 0.265 e. The molecule has 0 atom stereocenters. The molecule has 0 saturated carbocycles. The fourth-order valence-corrected chi connectivity index (χ4v) is 2.86. The van der Waals surface area contributed by atoms with E-state index in [-0.39, 0.29) is 5.56 Å². The lowest BCUT2D eigenvalue weighted by Gasteiger charge is -2.13. The van der Waals surface area contributed by atoms with E-state index >= 15 is 0 Å². The van der Waals surface area contributed by atoms with Gasteiger partial charge in [-0.1, -0.05) is 23.2 Å². The molecule has 0 aliphatic carbocycles. The monoisotopic (exact) mass is 350 g/mol. The van der Waals surface area contributed by atoms with Gasteiger partial charge in [0.25, 0.3) is 5.56 Å². The lowest BCUT2D eigenvalue weighted by atomic mass is 10.2. The van der Waals surface area contributed by atoms with E-state index in [1.807, 2.05) is 0 Å². The summed E-state index contributed by atoms with van der Waals surface area (Å²) in [5, 5.41) is 1.04. The van der Waals surface area contributed by atoms with Gasteiger partial charge in [-0.2, -0.15) is 0 Å². The molecule has 3 aromatic rings. The van der Waals surface area contributed by atoms with Crippen molar-refractivity contribution in [3.63, 3.8) is 0 Å². The quantitative estimate of drug-likeness (QED) is 0.722. The summed E-state index contributed by atoms with van der Waals surface area (Å²) >= 11 is 12.1. The van der Waals surface area contributed by atoms with Crippen molar-refractivity contribution in [3.8, 4) is 17.2 Å². The van der Waals surface area contributed by atoms with Crippen LogP contribution < -0.4 is 15.0 Å². The van der Waals surface area contributed by atoms with Crippen molar-refractivity contribution in [3.05, 3.63) is 57.1 Å². The first-order valence-corrected chi connectivity index (χ1v) is 7.39. The van der Waals surface area contributed by atoms with Crippen molar-refractivity contribution in [2.75, 3.05) is 14.2 Å². The topological polar surface area (TPSA) is 53.4 Å². The van der Waals surface area contributed by atoms with E-state index < -0.39 is 0 Å². The molecule has 0 fully saturated rings. The molecule has 1 heterocycles. The first-order valence-electron chi connectivity index (χ1n) is 6.64. The molecule has 5 nitrogen and oxygen atoms in total. The van der Waals surface area contributed by atoms with E-state index in [2.05, 4.69) is 4.98 Å². The van der Waals surface area contributed by atoms with E-state index in [1.165, 1.54) is 18.0 Å². The minimum Gasteiger partial charge on any atom is -0.497 e. The number of fused-ring (bicyclic) bond motifs is 1. The fraction of sp³-hybridized carbons (Fsp3) is 0.125. The lowest BCUT2D eigenvalue weighted by molar-refractivity contribution is 0.393. The molecule has 0 spiro atoms. The highest BCUT2D eigenvalue weighted by Crippen LogP contribution is 2.28. The van der Waals surface area contributed by atoms with Gasteiger partial charge in [-0.3, -0.25) is 9.36 Å². The van der Waals surface area contributed by atoms with Crippen LogP contribution in [0.5, 0.6) is 11.5 Å². The minimum absolute atomic E-state index is 0.289. The summed E-state index contributed by atoms with van der Waals surface area (Å²) in [4.78, 5) is 17.0. The molecule has 23 heavy (non-hydrogen) atoms. The number of aromatic nitrogens is 2. The molecule has 0 aliphatic rings. The molecule has 1 aromatic heterocycles. The first-order chi connectivity index (χ1) is 11.0. The molecule has 0 N–H and O–H groups in total. The zero-order valence-electron chi connectivity index (χ0n) is 12.3. The zero-order chi connectivity index (χ0) is 16.6. The summed E-state index contributed by atoms with van der Waals surface area (Å²) in [6.07, 6.45) is 1.41. The van der Waals surface area contributed by atoms with Crippen LogP contribution in [0.15, 0.2) is 41.5 Å². The molecule has 7 heteroatoms. The third-order valence-corrected chi connectivity index (χ3v) is 3.93. The number of ether oxygens (including phenoxy) is 2. The Morgan fingerprint density at radius 1 is 1.09 bits per heavy atom. The summed E-state index contributed by atoms with van der Waals surface area (Å²) in [7, 11) is 3.08. The summed E-state index contributed by atoms with van der Waals surface area (Å²) in [6.45, 7) is 0. The Bertz CT molecular complexity index is 954. The number of rotatable bonds is 3. The van der Waals surface area contributed by atoms with Crippen LogP contribution >= 0.6 is 23.2 Å². The van der Waals surface area contributed by atoms with Crippen molar-refractivity contribution in [1.82, 2.24) is 9.55 Å². The molecule has 118 valence electrons. The van der Waals surface area contributed by atoms with Crippen LogP contribution in [-0.4, -0.2) is 23.8 Å². The van der Waals surface area contributed by atoms with Gasteiger partial charge in [-0.15, -0.1) is 0 Å². The largest absolute Gasteiger partial charge is 0.497 e. The fourth-order valence-electron chi connectivity index (χ4n) is 2.31. The van der Waals surface area contributed by atoms with Crippen molar-refractivity contribution in [2.24, 2.45) is 0 Å². The maximum Gasteiger partial charge on any atom is 0.265 e. The summed E-state index contributed by atoms with van der Waals surface area (Å²) in [5.74, 6) is 1.11. The van der Waals surface area contributed by atoms with Crippen LogP contribution in [0.3, 0.4) is 0 Å². The van der Waals surface area contributed by atoms with Crippen molar-refractivity contribution < 1.29 is 9.47 Å². The molecular weight excluding hydrogens is 339 g/mol. The van der Waals surface area contributed by atoms with Crippen LogP contribution in [0, 0.1) is 0 Å². The van der Waals surface area contributed by atoms with Gasteiger partial charge in [0, 0.05) is 11.1 Å². The van der Waals surface area contributed by atoms with Crippen LogP contribution in [0.25, 0.3) is 16.6 Å². The maximum atomic E-state index is 12.8. The van der Waals surface area contributed by atoms with Crippen LogP contribution in [0.4, 0.5) is 0 Å². The van der Waals surface area contributed by atoms with Gasteiger partial charge in [-0.25, -0.2) is 4.98 Å². The van der Waals surface area contributed by atoms with E-state index in [9.17, 15) is 4.79 Å². The van der Waals surface area contributed by atoms with Gasteiger partial charge >= 0.3 is 0 Å². The van der Waals surface area contributed by atoms with Gasteiger partial charge in [0.15, 0.2) is 0 Å². The Hall–Kier alpha value is -2.24.